The van der Waals surface area contributed by atoms with Crippen LogP contribution in [0, 0.1) is 10.1 Å². The number of nitro groups is 1. The van der Waals surface area contributed by atoms with Crippen molar-refractivity contribution in [1.29, 1.82) is 0 Å². The first-order valence-corrected chi connectivity index (χ1v) is 5.61. The third kappa shape index (κ3) is 6.40. The van der Waals surface area contributed by atoms with Crippen molar-refractivity contribution in [2.45, 2.75) is 0 Å². The highest BCUT2D eigenvalue weighted by Gasteiger charge is 2.06. The normalized spacial score (nSPS) is 8.62. The van der Waals surface area contributed by atoms with Gasteiger partial charge in [-0.3, -0.25) is 10.1 Å². The van der Waals surface area contributed by atoms with Crippen molar-refractivity contribution < 1.29 is 19.6 Å². The summed E-state index contributed by atoms with van der Waals surface area (Å²) in [6, 6.07) is 14.4. The second-order valence-corrected chi connectivity index (χ2v) is 3.63. The molecule has 0 aliphatic rings. The van der Waals surface area contributed by atoms with Crippen LogP contribution in [0.5, 0.6) is 5.75 Å². The van der Waals surface area contributed by atoms with Gasteiger partial charge in [-0.15, -0.1) is 12.4 Å². The lowest BCUT2D eigenvalue weighted by Crippen LogP contribution is -1.96. The van der Waals surface area contributed by atoms with E-state index in [1.807, 2.05) is 30.3 Å². The van der Waals surface area contributed by atoms with Gasteiger partial charge in [-0.2, -0.15) is 0 Å². The van der Waals surface area contributed by atoms with Gasteiger partial charge in [-0.05, 0) is 24.3 Å². The summed E-state index contributed by atoms with van der Waals surface area (Å²) in [6.45, 7) is 0. The van der Waals surface area contributed by atoms with Gasteiger partial charge in [0, 0.05) is 12.1 Å². The summed E-state index contributed by atoms with van der Waals surface area (Å²) < 4.78 is 4.91. The number of methoxy groups -OCH3 is 1. The van der Waals surface area contributed by atoms with Gasteiger partial charge in [0.15, 0.2) is 0 Å². The smallest absolute Gasteiger partial charge is 0.335 e. The highest BCUT2D eigenvalue weighted by molar-refractivity contribution is 5.87. The first kappa shape index (κ1) is 18.4. The molecule has 0 radical (unpaired) electrons. The van der Waals surface area contributed by atoms with Gasteiger partial charge >= 0.3 is 5.97 Å². The Morgan fingerprint density at radius 2 is 1.62 bits per heavy atom. The van der Waals surface area contributed by atoms with Crippen molar-refractivity contribution in [2.24, 2.45) is 0 Å². The molecular formula is C14H14ClNO5. The fraction of sp³-hybridized carbons (Fsp3) is 0.0714. The van der Waals surface area contributed by atoms with Crippen molar-refractivity contribution >= 4 is 24.1 Å². The number of nitro benzene ring substituents is 1. The van der Waals surface area contributed by atoms with Crippen LogP contribution in [0.2, 0.25) is 0 Å². The second kappa shape index (κ2) is 9.33. The largest absolute Gasteiger partial charge is 0.497 e. The van der Waals surface area contributed by atoms with Crippen LogP contribution in [0.15, 0.2) is 54.6 Å². The predicted octanol–water partition coefficient (Wildman–Crippen LogP) is 3.41. The Labute approximate surface area is 127 Å². The maximum Gasteiger partial charge on any atom is 0.335 e. The van der Waals surface area contributed by atoms with E-state index in [9.17, 15) is 14.9 Å². The molecule has 0 fully saturated rings. The van der Waals surface area contributed by atoms with Crippen LogP contribution < -0.4 is 4.74 Å². The fourth-order valence-corrected chi connectivity index (χ4v) is 1.28. The number of halogens is 1. The SMILES string of the molecule is COc1ccccc1.Cl.O=C(O)c1ccc([N+](=O)[O-])cc1. The molecule has 2 aromatic carbocycles. The molecule has 0 unspecified atom stereocenters. The number of carbonyl (C=O) groups is 1. The zero-order valence-corrected chi connectivity index (χ0v) is 11.9. The van der Waals surface area contributed by atoms with Crippen LogP contribution in [0.4, 0.5) is 5.69 Å². The molecule has 21 heavy (non-hydrogen) atoms. The standard InChI is InChI=1S/C7H5NO4.C7H8O.ClH/c9-7(10)5-1-3-6(4-2-5)8(11)12;1-8-7-5-3-2-4-6-7;/h1-4H,(H,9,10);2-6H,1H3;1H. The molecule has 0 aliphatic heterocycles. The number of hydrogen-bond acceptors (Lipinski definition) is 4. The van der Waals surface area contributed by atoms with Gasteiger partial charge in [0.2, 0.25) is 0 Å². The molecule has 0 saturated carbocycles. The highest BCUT2D eigenvalue weighted by atomic mass is 35.5. The van der Waals surface area contributed by atoms with E-state index >= 15 is 0 Å². The predicted molar refractivity (Wildman–Crippen MR) is 80.3 cm³/mol. The van der Waals surface area contributed by atoms with E-state index in [0.717, 1.165) is 17.9 Å². The summed E-state index contributed by atoms with van der Waals surface area (Å²) in [6.07, 6.45) is 0. The summed E-state index contributed by atoms with van der Waals surface area (Å²) in [5.41, 5.74) is -0.0689. The molecule has 6 nitrogen and oxygen atoms in total. The molecule has 7 heteroatoms. The molecule has 1 N–H and O–H groups in total. The Balaban J connectivity index is 0.000000390. The van der Waals surface area contributed by atoms with E-state index in [-0.39, 0.29) is 23.7 Å². The molecule has 0 spiro atoms. The molecule has 2 aromatic rings. The molecule has 0 aromatic heterocycles. The van der Waals surface area contributed by atoms with E-state index in [2.05, 4.69) is 0 Å². The second-order valence-electron chi connectivity index (χ2n) is 3.63. The highest BCUT2D eigenvalue weighted by Crippen LogP contribution is 2.11. The van der Waals surface area contributed by atoms with Crippen LogP contribution in [-0.2, 0) is 0 Å². The monoisotopic (exact) mass is 311 g/mol. The maximum atomic E-state index is 10.3. The molecule has 0 aliphatic carbocycles. The lowest BCUT2D eigenvalue weighted by Gasteiger charge is -1.93. The maximum absolute atomic E-state index is 10.3. The quantitative estimate of drug-likeness (QED) is 0.693. The van der Waals surface area contributed by atoms with Crippen molar-refractivity contribution in [3.8, 4) is 5.75 Å². The average molecular weight is 312 g/mol. The topological polar surface area (TPSA) is 89.7 Å². The van der Waals surface area contributed by atoms with Crippen molar-refractivity contribution in [2.75, 3.05) is 7.11 Å². The molecule has 0 atom stereocenters. The minimum Gasteiger partial charge on any atom is -0.497 e. The molecule has 2 rings (SSSR count). The third-order valence-corrected chi connectivity index (χ3v) is 2.30. The summed E-state index contributed by atoms with van der Waals surface area (Å²) in [7, 11) is 1.66. The average Bonchev–Trinajstić information content (AvgIpc) is 2.48. The van der Waals surface area contributed by atoms with E-state index in [1.165, 1.54) is 12.1 Å². The van der Waals surface area contributed by atoms with Crippen LogP contribution >= 0.6 is 12.4 Å². The summed E-state index contributed by atoms with van der Waals surface area (Å²) in [4.78, 5) is 19.9. The Kier molecular flexibility index (Phi) is 8.17. The first-order chi connectivity index (χ1) is 9.54. The first-order valence-electron chi connectivity index (χ1n) is 5.61. The molecular weight excluding hydrogens is 298 g/mol. The number of ether oxygens (including phenoxy) is 1. The minimum atomic E-state index is -1.09. The van der Waals surface area contributed by atoms with Crippen LogP contribution in [0.3, 0.4) is 0 Å². The van der Waals surface area contributed by atoms with Gasteiger partial charge in [0.05, 0.1) is 17.6 Å². The van der Waals surface area contributed by atoms with Crippen LogP contribution in [0.1, 0.15) is 10.4 Å². The molecule has 0 bridgehead atoms. The molecule has 0 heterocycles. The Morgan fingerprint density at radius 3 is 1.95 bits per heavy atom. The van der Waals surface area contributed by atoms with Crippen molar-refractivity contribution in [3.05, 3.63) is 70.3 Å². The third-order valence-electron chi connectivity index (χ3n) is 2.30. The van der Waals surface area contributed by atoms with Gasteiger partial charge < -0.3 is 9.84 Å². The van der Waals surface area contributed by atoms with Gasteiger partial charge in [0.25, 0.3) is 5.69 Å². The van der Waals surface area contributed by atoms with Gasteiger partial charge in [-0.25, -0.2) is 4.79 Å². The van der Waals surface area contributed by atoms with Gasteiger partial charge in [0.1, 0.15) is 5.75 Å². The van der Waals surface area contributed by atoms with Crippen molar-refractivity contribution in [3.63, 3.8) is 0 Å². The van der Waals surface area contributed by atoms with Crippen molar-refractivity contribution in [1.82, 2.24) is 0 Å². The number of para-hydroxylation sites is 1. The van der Waals surface area contributed by atoms with E-state index in [0.29, 0.717) is 0 Å². The number of rotatable bonds is 3. The van der Waals surface area contributed by atoms with Crippen LogP contribution in [-0.4, -0.2) is 23.1 Å². The number of nitrogens with zero attached hydrogens (tertiary/aromatic N) is 1. The minimum absolute atomic E-state index is 0. The lowest BCUT2D eigenvalue weighted by atomic mass is 10.2. The Hall–Kier alpha value is -2.60. The zero-order chi connectivity index (χ0) is 15.0. The number of carboxylic acid groups (broad SMARTS) is 1. The number of aromatic carboxylic acids is 1. The van der Waals surface area contributed by atoms with E-state index < -0.39 is 10.9 Å². The van der Waals surface area contributed by atoms with Crippen LogP contribution in [0.25, 0.3) is 0 Å². The molecule has 0 saturated heterocycles. The number of non-ortho nitro benzene ring substituents is 1. The number of carboxylic acids is 1. The Morgan fingerprint density at radius 1 is 1.10 bits per heavy atom. The zero-order valence-electron chi connectivity index (χ0n) is 11.1. The molecule has 112 valence electrons. The van der Waals surface area contributed by atoms with Gasteiger partial charge in [-0.1, -0.05) is 18.2 Å². The summed E-state index contributed by atoms with van der Waals surface area (Å²) in [5.74, 6) is -0.183. The summed E-state index contributed by atoms with van der Waals surface area (Å²) >= 11 is 0. The van der Waals surface area contributed by atoms with E-state index in [1.54, 1.807) is 7.11 Å². The number of hydrogen-bond donors (Lipinski definition) is 1. The Bertz CT molecular complexity index is 539. The molecule has 0 amide bonds. The summed E-state index contributed by atoms with van der Waals surface area (Å²) in [5, 5.41) is 18.6. The van der Waals surface area contributed by atoms with E-state index in [4.69, 9.17) is 9.84 Å². The lowest BCUT2D eigenvalue weighted by molar-refractivity contribution is -0.384. The number of benzene rings is 2. The fourth-order valence-electron chi connectivity index (χ4n) is 1.28.